The van der Waals surface area contributed by atoms with Crippen LogP contribution in [0.1, 0.15) is 17.8 Å². The Morgan fingerprint density at radius 1 is 1.44 bits per heavy atom. The molecule has 2 heterocycles. The van der Waals surface area contributed by atoms with E-state index in [1.54, 1.807) is 0 Å². The maximum absolute atomic E-state index is 10.3. The number of hydrogen-bond acceptors (Lipinski definition) is 2. The van der Waals surface area contributed by atoms with Crippen LogP contribution in [-0.4, -0.2) is 16.0 Å². The molecule has 0 atom stereocenters. The standard InChI is InChI=1S/C14H15N3O/c18-10-15-8-11-3-1-4-12(7-11)13-9-17-6-2-5-14(17)16-13/h1,3-4,7,9-10H,2,5-6,8H2,(H,15,18). The smallest absolute Gasteiger partial charge is 0.207 e. The van der Waals surface area contributed by atoms with Crippen LogP contribution in [0, 0.1) is 0 Å². The minimum absolute atomic E-state index is 0.560. The number of aryl methyl sites for hydroxylation is 2. The van der Waals surface area contributed by atoms with Gasteiger partial charge in [-0.15, -0.1) is 0 Å². The summed E-state index contributed by atoms with van der Waals surface area (Å²) in [6, 6.07) is 8.14. The fraction of sp³-hybridized carbons (Fsp3) is 0.286. The topological polar surface area (TPSA) is 46.9 Å². The summed E-state index contributed by atoms with van der Waals surface area (Å²) in [6.45, 7) is 1.64. The van der Waals surface area contributed by atoms with Gasteiger partial charge in [0.25, 0.3) is 0 Å². The Bertz CT molecular complexity index is 553. The molecule has 0 saturated heterocycles. The molecule has 1 N–H and O–H groups in total. The minimum Gasteiger partial charge on any atom is -0.355 e. The Balaban J connectivity index is 1.88. The first kappa shape index (κ1) is 11.0. The summed E-state index contributed by atoms with van der Waals surface area (Å²) < 4.78 is 2.23. The Morgan fingerprint density at radius 3 is 3.22 bits per heavy atom. The van der Waals surface area contributed by atoms with Gasteiger partial charge >= 0.3 is 0 Å². The quantitative estimate of drug-likeness (QED) is 0.829. The van der Waals surface area contributed by atoms with E-state index in [2.05, 4.69) is 33.2 Å². The average Bonchev–Trinajstić information content (AvgIpc) is 2.97. The number of carbonyl (C=O) groups excluding carboxylic acids is 1. The van der Waals surface area contributed by atoms with Crippen molar-refractivity contribution in [2.75, 3.05) is 0 Å². The van der Waals surface area contributed by atoms with Crippen LogP contribution in [0.3, 0.4) is 0 Å². The summed E-state index contributed by atoms with van der Waals surface area (Å²) in [5.74, 6) is 1.18. The summed E-state index contributed by atoms with van der Waals surface area (Å²) in [6.07, 6.45) is 5.12. The lowest BCUT2D eigenvalue weighted by Crippen LogP contribution is -2.09. The van der Waals surface area contributed by atoms with Crippen molar-refractivity contribution in [3.05, 3.63) is 41.9 Å². The van der Waals surface area contributed by atoms with E-state index in [-0.39, 0.29) is 0 Å². The predicted octanol–water partition coefficient (Wildman–Crippen LogP) is 1.74. The zero-order valence-corrected chi connectivity index (χ0v) is 10.1. The van der Waals surface area contributed by atoms with E-state index in [0.29, 0.717) is 6.54 Å². The molecular formula is C14H15N3O. The SMILES string of the molecule is O=CNCc1cccc(-c2cn3c(n2)CCC3)c1. The van der Waals surface area contributed by atoms with E-state index < -0.39 is 0 Å². The first-order valence-electron chi connectivity index (χ1n) is 6.19. The second-order valence-corrected chi connectivity index (χ2v) is 4.54. The number of amides is 1. The van der Waals surface area contributed by atoms with E-state index in [1.807, 2.05) is 12.1 Å². The van der Waals surface area contributed by atoms with Crippen molar-refractivity contribution >= 4 is 6.41 Å². The molecule has 0 fully saturated rings. The lowest BCUT2D eigenvalue weighted by Gasteiger charge is -2.02. The molecule has 1 aromatic carbocycles. The summed E-state index contributed by atoms with van der Waals surface area (Å²) >= 11 is 0. The van der Waals surface area contributed by atoms with Gasteiger partial charge in [0, 0.05) is 31.3 Å². The van der Waals surface area contributed by atoms with E-state index in [0.717, 1.165) is 36.2 Å². The van der Waals surface area contributed by atoms with E-state index in [4.69, 9.17) is 0 Å². The van der Waals surface area contributed by atoms with Gasteiger partial charge in [-0.1, -0.05) is 18.2 Å². The lowest BCUT2D eigenvalue weighted by atomic mass is 10.1. The molecule has 4 heteroatoms. The normalized spacial score (nSPS) is 13.3. The molecule has 92 valence electrons. The number of hydrogen-bond donors (Lipinski definition) is 1. The third kappa shape index (κ3) is 2.01. The van der Waals surface area contributed by atoms with Crippen molar-refractivity contribution in [1.82, 2.24) is 14.9 Å². The first-order chi connectivity index (χ1) is 8.86. The molecule has 4 nitrogen and oxygen atoms in total. The number of nitrogens with zero attached hydrogens (tertiary/aromatic N) is 2. The van der Waals surface area contributed by atoms with Gasteiger partial charge in [-0.25, -0.2) is 4.98 Å². The minimum atomic E-state index is 0.560. The van der Waals surface area contributed by atoms with E-state index in [1.165, 1.54) is 12.2 Å². The highest BCUT2D eigenvalue weighted by Crippen LogP contribution is 2.23. The molecule has 1 aliphatic heterocycles. The molecule has 0 bridgehead atoms. The molecule has 0 saturated carbocycles. The summed E-state index contributed by atoms with van der Waals surface area (Å²) in [5, 5.41) is 2.68. The Morgan fingerprint density at radius 2 is 2.39 bits per heavy atom. The molecule has 3 rings (SSSR count). The van der Waals surface area contributed by atoms with Crippen molar-refractivity contribution < 1.29 is 4.79 Å². The van der Waals surface area contributed by atoms with Crippen molar-refractivity contribution in [3.8, 4) is 11.3 Å². The molecule has 2 aromatic rings. The number of fused-ring (bicyclic) bond motifs is 1. The van der Waals surface area contributed by atoms with Gasteiger partial charge in [0.05, 0.1) is 5.69 Å². The number of nitrogens with one attached hydrogen (secondary N) is 1. The molecule has 1 aromatic heterocycles. The summed E-state index contributed by atoms with van der Waals surface area (Å²) in [7, 11) is 0. The maximum atomic E-state index is 10.3. The number of imidazole rings is 1. The van der Waals surface area contributed by atoms with Crippen LogP contribution < -0.4 is 5.32 Å². The highest BCUT2D eigenvalue weighted by Gasteiger charge is 2.14. The Hall–Kier alpha value is -2.10. The fourth-order valence-electron chi connectivity index (χ4n) is 2.39. The van der Waals surface area contributed by atoms with Gasteiger partial charge < -0.3 is 9.88 Å². The van der Waals surface area contributed by atoms with Gasteiger partial charge in [0.1, 0.15) is 5.82 Å². The second kappa shape index (κ2) is 4.64. The van der Waals surface area contributed by atoms with Crippen molar-refractivity contribution in [3.63, 3.8) is 0 Å². The average molecular weight is 241 g/mol. The molecule has 1 aliphatic rings. The number of carbonyl (C=O) groups is 1. The largest absolute Gasteiger partial charge is 0.355 e. The molecule has 0 spiro atoms. The van der Waals surface area contributed by atoms with Crippen molar-refractivity contribution in [2.24, 2.45) is 0 Å². The Labute approximate surface area is 106 Å². The molecule has 0 radical (unpaired) electrons. The summed E-state index contributed by atoms with van der Waals surface area (Å²) in [4.78, 5) is 15.0. The van der Waals surface area contributed by atoms with Gasteiger partial charge in [-0.05, 0) is 18.1 Å². The van der Waals surface area contributed by atoms with Gasteiger partial charge in [-0.3, -0.25) is 4.79 Å². The van der Waals surface area contributed by atoms with Crippen LogP contribution in [0.2, 0.25) is 0 Å². The van der Waals surface area contributed by atoms with Crippen LogP contribution in [0.4, 0.5) is 0 Å². The molecule has 18 heavy (non-hydrogen) atoms. The Kier molecular flexibility index (Phi) is 2.84. The van der Waals surface area contributed by atoms with Crippen LogP contribution in [0.25, 0.3) is 11.3 Å². The monoisotopic (exact) mass is 241 g/mol. The molecule has 0 unspecified atom stereocenters. The van der Waals surface area contributed by atoms with Gasteiger partial charge in [0.15, 0.2) is 0 Å². The van der Waals surface area contributed by atoms with Crippen LogP contribution >= 0.6 is 0 Å². The van der Waals surface area contributed by atoms with Gasteiger partial charge in [0.2, 0.25) is 6.41 Å². The second-order valence-electron chi connectivity index (χ2n) is 4.54. The highest BCUT2D eigenvalue weighted by molar-refractivity contribution is 5.60. The number of benzene rings is 1. The van der Waals surface area contributed by atoms with Crippen molar-refractivity contribution in [2.45, 2.75) is 25.9 Å². The molecule has 0 aliphatic carbocycles. The van der Waals surface area contributed by atoms with Crippen molar-refractivity contribution in [1.29, 1.82) is 0 Å². The third-order valence-electron chi connectivity index (χ3n) is 3.27. The molecule has 1 amide bonds. The number of rotatable bonds is 4. The van der Waals surface area contributed by atoms with E-state index >= 15 is 0 Å². The number of aromatic nitrogens is 2. The lowest BCUT2D eigenvalue weighted by molar-refractivity contribution is -0.109. The van der Waals surface area contributed by atoms with Crippen LogP contribution in [-0.2, 0) is 24.3 Å². The summed E-state index contributed by atoms with van der Waals surface area (Å²) in [5.41, 5.74) is 3.23. The predicted molar refractivity (Wildman–Crippen MR) is 68.9 cm³/mol. The van der Waals surface area contributed by atoms with Gasteiger partial charge in [-0.2, -0.15) is 0 Å². The first-order valence-corrected chi connectivity index (χ1v) is 6.19. The maximum Gasteiger partial charge on any atom is 0.207 e. The zero-order valence-electron chi connectivity index (χ0n) is 10.1. The highest BCUT2D eigenvalue weighted by atomic mass is 16.1. The zero-order chi connectivity index (χ0) is 12.4. The van der Waals surface area contributed by atoms with E-state index in [9.17, 15) is 4.79 Å². The fourth-order valence-corrected chi connectivity index (χ4v) is 2.39. The molecular weight excluding hydrogens is 226 g/mol. The van der Waals surface area contributed by atoms with Crippen LogP contribution in [0.15, 0.2) is 30.5 Å². The third-order valence-corrected chi connectivity index (χ3v) is 3.27. The van der Waals surface area contributed by atoms with Crippen LogP contribution in [0.5, 0.6) is 0 Å².